The van der Waals surface area contributed by atoms with Crippen LogP contribution >= 0.6 is 11.6 Å². The molecular formula is C15H16ClN3O2. The first kappa shape index (κ1) is 15.1. The lowest BCUT2D eigenvalue weighted by molar-refractivity contribution is 0.0942. The minimum Gasteiger partial charge on any atom is -0.492 e. The molecule has 5 nitrogen and oxygen atoms in total. The van der Waals surface area contributed by atoms with Crippen LogP contribution in [0.15, 0.2) is 42.5 Å². The van der Waals surface area contributed by atoms with E-state index in [1.165, 1.54) is 0 Å². The molecule has 21 heavy (non-hydrogen) atoms. The van der Waals surface area contributed by atoms with Gasteiger partial charge in [-0.1, -0.05) is 29.8 Å². The van der Waals surface area contributed by atoms with Gasteiger partial charge in [0.1, 0.15) is 23.9 Å². The van der Waals surface area contributed by atoms with Crippen LogP contribution in [0.3, 0.4) is 0 Å². The summed E-state index contributed by atoms with van der Waals surface area (Å²) < 4.78 is 5.49. The van der Waals surface area contributed by atoms with Gasteiger partial charge in [-0.2, -0.15) is 0 Å². The van der Waals surface area contributed by atoms with Crippen LogP contribution in [0.1, 0.15) is 10.5 Å². The van der Waals surface area contributed by atoms with Crippen molar-refractivity contribution in [3.05, 3.63) is 53.2 Å². The molecule has 110 valence electrons. The van der Waals surface area contributed by atoms with E-state index in [1.807, 2.05) is 30.3 Å². The van der Waals surface area contributed by atoms with Gasteiger partial charge < -0.3 is 15.4 Å². The lowest BCUT2D eigenvalue weighted by atomic mass is 10.3. The van der Waals surface area contributed by atoms with Gasteiger partial charge in [0.2, 0.25) is 0 Å². The highest BCUT2D eigenvalue weighted by atomic mass is 35.5. The van der Waals surface area contributed by atoms with Crippen LogP contribution in [-0.2, 0) is 0 Å². The molecule has 0 aliphatic heterocycles. The number of carbonyl (C=O) groups is 1. The quantitative estimate of drug-likeness (QED) is 0.805. The maximum atomic E-state index is 12.0. The molecule has 0 bridgehead atoms. The summed E-state index contributed by atoms with van der Waals surface area (Å²) >= 11 is 5.97. The van der Waals surface area contributed by atoms with Gasteiger partial charge in [0.25, 0.3) is 5.91 Å². The fraction of sp³-hybridized carbons (Fsp3) is 0.200. The normalized spacial score (nSPS) is 10.0. The van der Waals surface area contributed by atoms with Gasteiger partial charge in [0.15, 0.2) is 0 Å². The van der Waals surface area contributed by atoms with Crippen LogP contribution in [0.5, 0.6) is 5.75 Å². The van der Waals surface area contributed by atoms with Gasteiger partial charge >= 0.3 is 0 Å². The lowest BCUT2D eigenvalue weighted by Gasteiger charge is -2.09. The number of anilines is 1. The summed E-state index contributed by atoms with van der Waals surface area (Å²) in [5.41, 5.74) is 0.197. The average Bonchev–Trinajstić information content (AvgIpc) is 2.53. The third-order valence-corrected chi connectivity index (χ3v) is 3.02. The summed E-state index contributed by atoms with van der Waals surface area (Å²) in [6.45, 7) is 0.745. The van der Waals surface area contributed by atoms with Crippen molar-refractivity contribution in [2.24, 2.45) is 0 Å². The number of hydrogen-bond donors (Lipinski definition) is 2. The first-order valence-electron chi connectivity index (χ1n) is 6.51. The average molecular weight is 306 g/mol. The predicted octanol–water partition coefficient (Wildman–Crippen LogP) is 2.59. The van der Waals surface area contributed by atoms with E-state index in [9.17, 15) is 4.79 Å². The number of rotatable bonds is 6. The van der Waals surface area contributed by atoms with Gasteiger partial charge in [-0.25, -0.2) is 4.98 Å². The molecule has 0 radical (unpaired) electrons. The molecule has 6 heteroatoms. The number of ether oxygens (including phenoxy) is 1. The Balaban J connectivity index is 1.84. The molecule has 1 aromatic heterocycles. The van der Waals surface area contributed by atoms with E-state index in [1.54, 1.807) is 19.2 Å². The Kier molecular flexibility index (Phi) is 5.40. The van der Waals surface area contributed by atoms with Crippen LogP contribution in [0.25, 0.3) is 0 Å². The number of nitrogens with zero attached hydrogens (tertiary/aromatic N) is 1. The molecule has 0 saturated heterocycles. The van der Waals surface area contributed by atoms with Crippen molar-refractivity contribution in [3.8, 4) is 5.75 Å². The predicted molar refractivity (Wildman–Crippen MR) is 83.1 cm³/mol. The van der Waals surface area contributed by atoms with E-state index in [0.29, 0.717) is 24.0 Å². The van der Waals surface area contributed by atoms with Gasteiger partial charge in [-0.15, -0.1) is 0 Å². The summed E-state index contributed by atoms with van der Waals surface area (Å²) in [5, 5.41) is 5.90. The largest absolute Gasteiger partial charge is 0.492 e. The zero-order chi connectivity index (χ0) is 15.1. The number of para-hydroxylation sites is 1. The summed E-state index contributed by atoms with van der Waals surface area (Å²) in [4.78, 5) is 16.1. The molecular weight excluding hydrogens is 290 g/mol. The Hall–Kier alpha value is -2.27. The fourth-order valence-corrected chi connectivity index (χ4v) is 1.87. The van der Waals surface area contributed by atoms with Crippen LogP contribution < -0.4 is 15.4 Å². The zero-order valence-electron chi connectivity index (χ0n) is 11.6. The van der Waals surface area contributed by atoms with E-state index in [2.05, 4.69) is 15.6 Å². The SMILES string of the molecule is CNc1ccc(Cl)c(C(=O)NCCOc2ccccc2)n1. The number of hydrogen-bond acceptors (Lipinski definition) is 4. The van der Waals surface area contributed by atoms with Crippen molar-refractivity contribution in [2.75, 3.05) is 25.5 Å². The molecule has 1 amide bonds. The minimum atomic E-state index is -0.325. The van der Waals surface area contributed by atoms with Crippen molar-refractivity contribution >= 4 is 23.3 Å². The monoisotopic (exact) mass is 305 g/mol. The molecule has 0 unspecified atom stereocenters. The van der Waals surface area contributed by atoms with Crippen molar-refractivity contribution in [1.29, 1.82) is 0 Å². The number of amides is 1. The molecule has 0 aliphatic rings. The van der Waals surface area contributed by atoms with Crippen LogP contribution in [0.2, 0.25) is 5.02 Å². The molecule has 0 fully saturated rings. The van der Waals surface area contributed by atoms with E-state index < -0.39 is 0 Å². The summed E-state index contributed by atoms with van der Waals surface area (Å²) in [5.74, 6) is 1.03. The number of aromatic nitrogens is 1. The molecule has 1 aromatic carbocycles. The first-order valence-corrected chi connectivity index (χ1v) is 6.89. The zero-order valence-corrected chi connectivity index (χ0v) is 12.4. The minimum absolute atomic E-state index is 0.197. The number of nitrogens with one attached hydrogen (secondary N) is 2. The summed E-state index contributed by atoms with van der Waals surface area (Å²) in [6, 6.07) is 12.7. The van der Waals surface area contributed by atoms with Crippen LogP contribution in [0, 0.1) is 0 Å². The Bertz CT molecular complexity index is 605. The highest BCUT2D eigenvalue weighted by Gasteiger charge is 2.12. The van der Waals surface area contributed by atoms with Gasteiger partial charge in [-0.05, 0) is 24.3 Å². The van der Waals surface area contributed by atoms with Crippen molar-refractivity contribution in [3.63, 3.8) is 0 Å². The number of carbonyl (C=O) groups excluding carboxylic acids is 1. The second-order valence-corrected chi connectivity index (χ2v) is 4.60. The Morgan fingerprint density at radius 1 is 1.24 bits per heavy atom. The second-order valence-electron chi connectivity index (χ2n) is 4.19. The molecule has 0 saturated carbocycles. The number of halogens is 1. The molecule has 2 rings (SSSR count). The van der Waals surface area contributed by atoms with Gasteiger partial charge in [-0.3, -0.25) is 4.79 Å². The van der Waals surface area contributed by atoms with Gasteiger partial charge in [0.05, 0.1) is 11.6 Å². The molecule has 0 spiro atoms. The standard InChI is InChI=1S/C15H16ClN3O2/c1-17-13-8-7-12(16)14(19-13)15(20)18-9-10-21-11-5-3-2-4-6-11/h2-8H,9-10H2,1H3,(H,17,19)(H,18,20). The smallest absolute Gasteiger partial charge is 0.271 e. The molecule has 0 aliphatic carbocycles. The third kappa shape index (κ3) is 4.36. The maximum absolute atomic E-state index is 12.0. The van der Waals surface area contributed by atoms with E-state index in [0.717, 1.165) is 5.75 Å². The summed E-state index contributed by atoms with van der Waals surface area (Å²) in [7, 11) is 1.73. The van der Waals surface area contributed by atoms with Crippen molar-refractivity contribution < 1.29 is 9.53 Å². The van der Waals surface area contributed by atoms with Crippen molar-refractivity contribution in [1.82, 2.24) is 10.3 Å². The second kappa shape index (κ2) is 7.50. The molecule has 0 atom stereocenters. The Morgan fingerprint density at radius 2 is 2.00 bits per heavy atom. The molecule has 2 aromatic rings. The maximum Gasteiger partial charge on any atom is 0.271 e. The van der Waals surface area contributed by atoms with E-state index >= 15 is 0 Å². The van der Waals surface area contributed by atoms with Crippen LogP contribution in [0.4, 0.5) is 5.82 Å². The van der Waals surface area contributed by atoms with Crippen molar-refractivity contribution in [2.45, 2.75) is 0 Å². The number of benzene rings is 1. The Labute approximate surface area is 128 Å². The summed E-state index contributed by atoms with van der Waals surface area (Å²) in [6.07, 6.45) is 0. The molecule has 2 N–H and O–H groups in total. The van der Waals surface area contributed by atoms with E-state index in [4.69, 9.17) is 16.3 Å². The van der Waals surface area contributed by atoms with Crippen LogP contribution in [-0.4, -0.2) is 31.1 Å². The highest BCUT2D eigenvalue weighted by molar-refractivity contribution is 6.33. The van der Waals surface area contributed by atoms with Gasteiger partial charge in [0, 0.05) is 7.05 Å². The first-order chi connectivity index (χ1) is 10.2. The third-order valence-electron chi connectivity index (χ3n) is 2.72. The topological polar surface area (TPSA) is 63.2 Å². The lowest BCUT2D eigenvalue weighted by Crippen LogP contribution is -2.29. The Morgan fingerprint density at radius 3 is 2.71 bits per heavy atom. The number of pyridine rings is 1. The molecule has 1 heterocycles. The highest BCUT2D eigenvalue weighted by Crippen LogP contribution is 2.16. The van der Waals surface area contributed by atoms with E-state index in [-0.39, 0.29) is 11.6 Å². The fourth-order valence-electron chi connectivity index (χ4n) is 1.67.